The number of hydrogen-bond acceptors (Lipinski definition) is 3. The molecular weight excluding hydrogens is 312 g/mol. The highest BCUT2D eigenvalue weighted by atomic mass is 32.2. The topological polar surface area (TPSA) is 74.6 Å². The van der Waals surface area contributed by atoms with Crippen molar-refractivity contribution >= 4 is 34.5 Å². The predicted molar refractivity (Wildman–Crippen MR) is 88.4 cm³/mol. The highest BCUT2D eigenvalue weighted by Gasteiger charge is 2.18. The van der Waals surface area contributed by atoms with E-state index in [1.165, 1.54) is 23.9 Å². The van der Waals surface area contributed by atoms with E-state index in [1.54, 1.807) is 18.2 Å². The first-order chi connectivity index (χ1) is 11.1. The second-order valence-corrected chi connectivity index (χ2v) is 5.98. The minimum Gasteiger partial charge on any atom is -0.478 e. The van der Waals surface area contributed by atoms with Gasteiger partial charge in [0.15, 0.2) is 0 Å². The van der Waals surface area contributed by atoms with Gasteiger partial charge in [0, 0.05) is 15.2 Å². The maximum absolute atomic E-state index is 11.5. The largest absolute Gasteiger partial charge is 0.478 e. The molecule has 5 heteroatoms. The molecule has 2 N–H and O–H groups in total. The molecule has 23 heavy (non-hydrogen) atoms. The quantitative estimate of drug-likeness (QED) is 0.744. The van der Waals surface area contributed by atoms with Crippen LogP contribution >= 0.6 is 11.8 Å². The van der Waals surface area contributed by atoms with E-state index in [1.807, 2.05) is 30.3 Å². The Morgan fingerprint density at radius 3 is 2.04 bits per heavy atom. The molecule has 4 nitrogen and oxygen atoms in total. The number of carboxylic acid groups (broad SMARTS) is 2. The van der Waals surface area contributed by atoms with Gasteiger partial charge in [-0.25, -0.2) is 9.59 Å². The molecule has 3 aromatic rings. The zero-order valence-electron chi connectivity index (χ0n) is 11.9. The zero-order valence-corrected chi connectivity index (χ0v) is 12.7. The van der Waals surface area contributed by atoms with Crippen LogP contribution in [0.3, 0.4) is 0 Å². The lowest BCUT2D eigenvalue weighted by atomic mass is 9.99. The first-order valence-electron chi connectivity index (χ1n) is 6.83. The van der Waals surface area contributed by atoms with Crippen molar-refractivity contribution in [1.29, 1.82) is 0 Å². The molecule has 0 saturated heterocycles. The standard InChI is InChI=1S/C18H12O4S/c19-17(20)13-8-4-7-12-15(23-11-5-2-1-3-6-11)10-9-14(16(12)13)18(21)22/h1-10H,(H,19,20)(H,21,22). The van der Waals surface area contributed by atoms with E-state index in [0.717, 1.165) is 9.79 Å². The summed E-state index contributed by atoms with van der Waals surface area (Å²) in [6, 6.07) is 17.6. The van der Waals surface area contributed by atoms with E-state index in [2.05, 4.69) is 0 Å². The smallest absolute Gasteiger partial charge is 0.336 e. The Morgan fingerprint density at radius 1 is 0.739 bits per heavy atom. The van der Waals surface area contributed by atoms with Crippen molar-refractivity contribution in [2.24, 2.45) is 0 Å². The van der Waals surface area contributed by atoms with Gasteiger partial charge in [0.25, 0.3) is 0 Å². The van der Waals surface area contributed by atoms with Crippen molar-refractivity contribution < 1.29 is 19.8 Å². The number of aromatic carboxylic acids is 2. The summed E-state index contributed by atoms with van der Waals surface area (Å²) in [6.45, 7) is 0. The van der Waals surface area contributed by atoms with E-state index in [-0.39, 0.29) is 16.5 Å². The van der Waals surface area contributed by atoms with Gasteiger partial charge >= 0.3 is 11.9 Å². The third-order valence-electron chi connectivity index (χ3n) is 3.43. The zero-order chi connectivity index (χ0) is 16.4. The number of carbonyl (C=O) groups is 2. The van der Waals surface area contributed by atoms with E-state index in [9.17, 15) is 19.8 Å². The van der Waals surface area contributed by atoms with Gasteiger partial charge in [0.2, 0.25) is 0 Å². The van der Waals surface area contributed by atoms with Crippen LogP contribution in [-0.4, -0.2) is 22.2 Å². The fourth-order valence-electron chi connectivity index (χ4n) is 2.44. The van der Waals surface area contributed by atoms with Crippen molar-refractivity contribution in [2.45, 2.75) is 9.79 Å². The highest BCUT2D eigenvalue weighted by molar-refractivity contribution is 7.99. The summed E-state index contributed by atoms with van der Waals surface area (Å²) in [5, 5.41) is 19.6. The molecule has 0 atom stereocenters. The van der Waals surface area contributed by atoms with Crippen LogP contribution in [0.2, 0.25) is 0 Å². The minimum absolute atomic E-state index is 0.00425. The molecule has 0 saturated carbocycles. The molecule has 0 aliphatic heterocycles. The third-order valence-corrected chi connectivity index (χ3v) is 4.52. The SMILES string of the molecule is O=C(O)c1cccc2c(Sc3ccccc3)ccc(C(=O)O)c12. The molecule has 0 aromatic heterocycles. The van der Waals surface area contributed by atoms with Gasteiger partial charge in [-0.3, -0.25) is 0 Å². The lowest BCUT2D eigenvalue weighted by Crippen LogP contribution is -2.04. The summed E-state index contributed by atoms with van der Waals surface area (Å²) in [5.74, 6) is -2.28. The summed E-state index contributed by atoms with van der Waals surface area (Å²) in [5.41, 5.74) is -0.00850. The molecule has 0 unspecified atom stereocenters. The second-order valence-electron chi connectivity index (χ2n) is 4.86. The molecule has 114 valence electrons. The van der Waals surface area contributed by atoms with Gasteiger partial charge in [-0.1, -0.05) is 42.1 Å². The van der Waals surface area contributed by atoms with Crippen LogP contribution in [0.15, 0.2) is 70.5 Å². The van der Waals surface area contributed by atoms with Crippen LogP contribution < -0.4 is 0 Å². The van der Waals surface area contributed by atoms with Crippen LogP contribution in [-0.2, 0) is 0 Å². The number of rotatable bonds is 4. The Kier molecular flexibility index (Phi) is 4.04. The summed E-state index contributed by atoms with van der Waals surface area (Å²) < 4.78 is 0. The normalized spacial score (nSPS) is 10.6. The first-order valence-corrected chi connectivity index (χ1v) is 7.65. The summed E-state index contributed by atoms with van der Waals surface area (Å²) in [6.07, 6.45) is 0. The average molecular weight is 324 g/mol. The van der Waals surface area contributed by atoms with Crippen LogP contribution in [0.25, 0.3) is 10.8 Å². The van der Waals surface area contributed by atoms with E-state index in [0.29, 0.717) is 5.39 Å². The van der Waals surface area contributed by atoms with Gasteiger partial charge in [-0.15, -0.1) is 0 Å². The predicted octanol–water partition coefficient (Wildman–Crippen LogP) is 4.39. The highest BCUT2D eigenvalue weighted by Crippen LogP contribution is 2.36. The fourth-order valence-corrected chi connectivity index (χ4v) is 3.40. The monoisotopic (exact) mass is 324 g/mol. The molecule has 0 radical (unpaired) electrons. The van der Waals surface area contributed by atoms with Crippen LogP contribution in [0.5, 0.6) is 0 Å². The van der Waals surface area contributed by atoms with Crippen LogP contribution in [0, 0.1) is 0 Å². The second kappa shape index (κ2) is 6.14. The van der Waals surface area contributed by atoms with Gasteiger partial charge < -0.3 is 10.2 Å². The Hall–Kier alpha value is -2.79. The van der Waals surface area contributed by atoms with Gasteiger partial charge in [0.1, 0.15) is 0 Å². The molecule has 0 spiro atoms. The Balaban J connectivity index is 2.25. The lowest BCUT2D eigenvalue weighted by molar-refractivity contribution is 0.0695. The Morgan fingerprint density at radius 2 is 1.39 bits per heavy atom. The summed E-state index contributed by atoms with van der Waals surface area (Å²) in [7, 11) is 0. The molecule has 0 bridgehead atoms. The van der Waals surface area contributed by atoms with Crippen molar-refractivity contribution in [3.05, 3.63) is 71.8 Å². The molecular formula is C18H12O4S. The van der Waals surface area contributed by atoms with Crippen molar-refractivity contribution in [3.63, 3.8) is 0 Å². The molecule has 3 rings (SSSR count). The minimum atomic E-state index is -1.14. The Labute approximate surface area is 136 Å². The summed E-state index contributed by atoms with van der Waals surface area (Å²) >= 11 is 1.47. The van der Waals surface area contributed by atoms with Gasteiger partial charge in [-0.2, -0.15) is 0 Å². The molecule has 0 heterocycles. The Bertz CT molecular complexity index is 883. The molecule has 0 amide bonds. The summed E-state index contributed by atoms with van der Waals surface area (Å²) in [4.78, 5) is 24.7. The number of carboxylic acids is 2. The van der Waals surface area contributed by atoms with E-state index in [4.69, 9.17) is 0 Å². The molecule has 0 aliphatic carbocycles. The fraction of sp³-hybridized carbons (Fsp3) is 0. The number of benzene rings is 3. The number of hydrogen-bond donors (Lipinski definition) is 2. The van der Waals surface area contributed by atoms with Crippen LogP contribution in [0.4, 0.5) is 0 Å². The van der Waals surface area contributed by atoms with Gasteiger partial charge in [0.05, 0.1) is 11.1 Å². The maximum Gasteiger partial charge on any atom is 0.336 e. The molecule has 3 aromatic carbocycles. The van der Waals surface area contributed by atoms with E-state index < -0.39 is 11.9 Å². The molecule has 0 aliphatic rings. The van der Waals surface area contributed by atoms with Crippen molar-refractivity contribution in [2.75, 3.05) is 0 Å². The lowest BCUT2D eigenvalue weighted by Gasteiger charge is -2.11. The first kappa shape index (κ1) is 15.1. The van der Waals surface area contributed by atoms with Crippen molar-refractivity contribution in [3.8, 4) is 0 Å². The van der Waals surface area contributed by atoms with E-state index >= 15 is 0 Å². The van der Waals surface area contributed by atoms with Crippen molar-refractivity contribution in [1.82, 2.24) is 0 Å². The molecule has 0 fully saturated rings. The van der Waals surface area contributed by atoms with Crippen LogP contribution in [0.1, 0.15) is 20.7 Å². The third kappa shape index (κ3) is 2.91. The van der Waals surface area contributed by atoms with Gasteiger partial charge in [-0.05, 0) is 35.7 Å². The maximum atomic E-state index is 11.5. The average Bonchev–Trinajstić information content (AvgIpc) is 2.55. The number of fused-ring (bicyclic) bond motifs is 1.